The van der Waals surface area contributed by atoms with E-state index in [1.165, 1.54) is 0 Å². The van der Waals surface area contributed by atoms with Gasteiger partial charge in [0.25, 0.3) is 0 Å². The largest absolute Gasteiger partial charge is 0.506 e. The second-order valence-electron chi connectivity index (χ2n) is 4.72. The molecular weight excluding hydrogens is 288 g/mol. The summed E-state index contributed by atoms with van der Waals surface area (Å²) in [5.41, 5.74) is 12.7. The van der Waals surface area contributed by atoms with Gasteiger partial charge >= 0.3 is 0 Å². The maximum atomic E-state index is 12.5. The number of aliphatic hydroxyl groups is 1. The zero-order valence-electron chi connectivity index (χ0n) is 12.0. The Morgan fingerprint density at radius 3 is 2.50 bits per heavy atom. The van der Waals surface area contributed by atoms with E-state index in [1.54, 1.807) is 13.8 Å². The number of nitrogens with zero attached hydrogens (tertiary/aromatic N) is 3. The first-order chi connectivity index (χ1) is 10.5. The predicted molar refractivity (Wildman–Crippen MR) is 80.0 cm³/mol. The number of carbonyl (C=O) groups is 1. The lowest BCUT2D eigenvalue weighted by molar-refractivity contribution is -0.111. The number of nitrogens with one attached hydrogen (secondary N) is 1. The molecule has 22 heavy (non-hydrogen) atoms. The molecular formula is C13H14N6O3. The molecule has 1 aromatic heterocycles. The predicted octanol–water partition coefficient (Wildman–Crippen LogP) is 0.170. The van der Waals surface area contributed by atoms with E-state index in [0.717, 1.165) is 0 Å². The topological polar surface area (TPSA) is 152 Å². The summed E-state index contributed by atoms with van der Waals surface area (Å²) in [5, 5.41) is 24.2. The fraction of sp³-hybridized carbons (Fsp3) is 0.231. The van der Waals surface area contributed by atoms with Crippen LogP contribution in [0.3, 0.4) is 0 Å². The molecule has 2 aliphatic rings. The Morgan fingerprint density at radius 1 is 1.23 bits per heavy atom. The molecule has 0 atom stereocenters. The van der Waals surface area contributed by atoms with Crippen LogP contribution in [0.5, 0.6) is 0 Å². The van der Waals surface area contributed by atoms with Gasteiger partial charge in [0.1, 0.15) is 11.6 Å². The summed E-state index contributed by atoms with van der Waals surface area (Å²) in [7, 11) is 0. The third-order valence-electron chi connectivity index (χ3n) is 3.40. The quantitative estimate of drug-likeness (QED) is 0.571. The molecule has 0 unspecified atom stereocenters. The number of hydrogen-bond acceptors (Lipinski definition) is 8. The fourth-order valence-corrected chi connectivity index (χ4v) is 2.41. The number of anilines is 1. The van der Waals surface area contributed by atoms with Gasteiger partial charge in [-0.2, -0.15) is 5.10 Å². The average molecular weight is 302 g/mol. The number of aromatic amines is 1. The number of aliphatic hydroxyl groups excluding tert-OH is 1. The van der Waals surface area contributed by atoms with Gasteiger partial charge in [-0.05, 0) is 13.8 Å². The SMILES string of the molecule is CCOC1=NN=C(N)/C1=C1\C(=O)C(c2c(C)n[nH]c2N)=C1O. The van der Waals surface area contributed by atoms with Crippen molar-refractivity contribution in [1.29, 1.82) is 0 Å². The molecule has 1 aromatic rings. The normalized spacial score (nSPS) is 20.9. The molecule has 9 nitrogen and oxygen atoms in total. The lowest BCUT2D eigenvalue weighted by Gasteiger charge is -2.23. The average Bonchev–Trinajstić information content (AvgIpc) is 2.99. The highest BCUT2D eigenvalue weighted by Crippen LogP contribution is 2.41. The van der Waals surface area contributed by atoms with Crippen molar-refractivity contribution in [2.24, 2.45) is 15.9 Å². The Hall–Kier alpha value is -3.10. The van der Waals surface area contributed by atoms with Crippen LogP contribution < -0.4 is 11.5 Å². The minimum Gasteiger partial charge on any atom is -0.506 e. The number of ether oxygens (including phenoxy) is 1. The van der Waals surface area contributed by atoms with Crippen molar-refractivity contribution < 1.29 is 14.6 Å². The van der Waals surface area contributed by atoms with Crippen LogP contribution in [0.2, 0.25) is 0 Å². The third kappa shape index (κ3) is 1.72. The van der Waals surface area contributed by atoms with E-state index >= 15 is 0 Å². The molecule has 114 valence electrons. The van der Waals surface area contributed by atoms with Crippen molar-refractivity contribution >= 4 is 28.9 Å². The molecule has 9 heteroatoms. The molecule has 2 heterocycles. The van der Waals surface area contributed by atoms with Gasteiger partial charge in [-0.15, -0.1) is 10.2 Å². The first kappa shape index (κ1) is 13.9. The Balaban J connectivity index is 2.13. The van der Waals surface area contributed by atoms with Crippen molar-refractivity contribution in [2.45, 2.75) is 13.8 Å². The highest BCUT2D eigenvalue weighted by atomic mass is 16.5. The van der Waals surface area contributed by atoms with Crippen LogP contribution in [0.4, 0.5) is 5.82 Å². The number of H-pyrrole nitrogens is 1. The third-order valence-corrected chi connectivity index (χ3v) is 3.40. The minimum absolute atomic E-state index is 0.0225. The lowest BCUT2D eigenvalue weighted by Crippen LogP contribution is -2.30. The number of Topliss-reactive ketones (excluding diaryl/α,β-unsaturated/α-hetero) is 1. The van der Waals surface area contributed by atoms with E-state index in [1.807, 2.05) is 0 Å². The fourth-order valence-electron chi connectivity index (χ4n) is 2.41. The molecule has 0 bridgehead atoms. The van der Waals surface area contributed by atoms with Gasteiger partial charge in [0.05, 0.1) is 34.6 Å². The van der Waals surface area contributed by atoms with Gasteiger partial charge in [-0.1, -0.05) is 0 Å². The monoisotopic (exact) mass is 302 g/mol. The molecule has 1 aliphatic heterocycles. The van der Waals surface area contributed by atoms with Gasteiger partial charge < -0.3 is 21.3 Å². The van der Waals surface area contributed by atoms with Crippen LogP contribution in [0, 0.1) is 6.92 Å². The van der Waals surface area contributed by atoms with E-state index in [2.05, 4.69) is 20.4 Å². The number of amidine groups is 1. The minimum atomic E-state index is -0.406. The first-order valence-electron chi connectivity index (χ1n) is 6.55. The summed E-state index contributed by atoms with van der Waals surface area (Å²) in [6, 6.07) is 0. The summed E-state index contributed by atoms with van der Waals surface area (Å²) in [6.07, 6.45) is 0. The second kappa shape index (κ2) is 4.72. The second-order valence-corrected chi connectivity index (χ2v) is 4.72. The van der Waals surface area contributed by atoms with Gasteiger partial charge in [0, 0.05) is 0 Å². The summed E-state index contributed by atoms with van der Waals surface area (Å²) in [6.45, 7) is 3.77. The molecule has 3 rings (SSSR count). The molecule has 0 amide bonds. The smallest absolute Gasteiger partial charge is 0.245 e. The number of rotatable bonds is 2. The Morgan fingerprint density at radius 2 is 1.95 bits per heavy atom. The van der Waals surface area contributed by atoms with E-state index in [0.29, 0.717) is 17.9 Å². The molecule has 0 fully saturated rings. The molecule has 0 radical (unpaired) electrons. The maximum absolute atomic E-state index is 12.5. The van der Waals surface area contributed by atoms with Crippen LogP contribution in [-0.4, -0.2) is 39.4 Å². The van der Waals surface area contributed by atoms with Crippen molar-refractivity contribution in [3.63, 3.8) is 0 Å². The Bertz CT molecular complexity index is 792. The summed E-state index contributed by atoms with van der Waals surface area (Å²) in [5.74, 6) is -0.275. The summed E-state index contributed by atoms with van der Waals surface area (Å²) >= 11 is 0. The van der Waals surface area contributed by atoms with Gasteiger partial charge in [0.2, 0.25) is 11.7 Å². The lowest BCUT2D eigenvalue weighted by atomic mass is 9.80. The van der Waals surface area contributed by atoms with Crippen molar-refractivity contribution in [1.82, 2.24) is 10.2 Å². The van der Waals surface area contributed by atoms with E-state index < -0.39 is 5.78 Å². The number of nitrogen functional groups attached to an aromatic ring is 1. The maximum Gasteiger partial charge on any atom is 0.245 e. The van der Waals surface area contributed by atoms with E-state index in [4.69, 9.17) is 16.2 Å². The van der Waals surface area contributed by atoms with Crippen LogP contribution in [0.15, 0.2) is 27.1 Å². The molecule has 0 aromatic carbocycles. The van der Waals surface area contributed by atoms with Gasteiger partial charge in [-0.3, -0.25) is 9.89 Å². The zero-order valence-corrected chi connectivity index (χ0v) is 12.0. The number of allylic oxidation sites excluding steroid dienone is 2. The van der Waals surface area contributed by atoms with Crippen LogP contribution >= 0.6 is 0 Å². The van der Waals surface area contributed by atoms with Gasteiger partial charge in [0.15, 0.2) is 5.84 Å². The van der Waals surface area contributed by atoms with Crippen LogP contribution in [0.25, 0.3) is 5.57 Å². The number of aromatic nitrogens is 2. The summed E-state index contributed by atoms with van der Waals surface area (Å²) < 4.78 is 5.28. The Kier molecular flexibility index (Phi) is 2.98. The number of ketones is 1. The highest BCUT2D eigenvalue weighted by molar-refractivity contribution is 6.44. The highest BCUT2D eigenvalue weighted by Gasteiger charge is 2.42. The van der Waals surface area contributed by atoms with Crippen molar-refractivity contribution in [2.75, 3.05) is 12.3 Å². The molecule has 6 N–H and O–H groups in total. The zero-order chi connectivity index (χ0) is 16.0. The number of aryl methyl sites for hydroxylation is 1. The molecule has 1 aliphatic carbocycles. The van der Waals surface area contributed by atoms with E-state index in [9.17, 15) is 9.90 Å². The Labute approximate surface area is 125 Å². The molecule has 0 spiro atoms. The molecule has 0 saturated heterocycles. The van der Waals surface area contributed by atoms with E-state index in [-0.39, 0.29) is 40.0 Å². The van der Waals surface area contributed by atoms with Crippen LogP contribution in [-0.2, 0) is 9.53 Å². The van der Waals surface area contributed by atoms with Crippen molar-refractivity contribution in [3.05, 3.63) is 28.2 Å². The van der Waals surface area contributed by atoms with Gasteiger partial charge in [-0.25, -0.2) is 0 Å². The van der Waals surface area contributed by atoms with Crippen molar-refractivity contribution in [3.8, 4) is 0 Å². The molecule has 0 saturated carbocycles. The number of hydrogen-bond donors (Lipinski definition) is 4. The first-order valence-corrected chi connectivity index (χ1v) is 6.55. The number of carbonyl (C=O) groups excluding carboxylic acids is 1. The number of nitrogens with two attached hydrogens (primary N) is 2. The van der Waals surface area contributed by atoms with Crippen LogP contribution in [0.1, 0.15) is 18.2 Å². The summed E-state index contributed by atoms with van der Waals surface area (Å²) in [4.78, 5) is 12.5. The standard InChI is InChI=1S/C13H14N6O3/c1-3-22-13-8(12(15)18-19-13)7-9(20)6(10(7)21)5-4(2)16-17-11(5)14/h20H,3H2,1-2H3,(H2,15,18)(H3,14,16,17)/b8-7+.